The van der Waals surface area contributed by atoms with Crippen molar-refractivity contribution in [2.24, 2.45) is 0 Å². The number of phenolic OH excluding ortho intramolecular Hbond substituents is 1. The Labute approximate surface area is 160 Å². The number of carbonyl (C=O) groups is 2. The molecule has 3 amide bonds. The lowest BCUT2D eigenvalue weighted by molar-refractivity contribution is -0.116. The second kappa shape index (κ2) is 10.2. The molecule has 1 unspecified atom stereocenters. The van der Waals surface area contributed by atoms with Crippen molar-refractivity contribution in [2.45, 2.75) is 45.7 Å². The number of phenols is 1. The van der Waals surface area contributed by atoms with Gasteiger partial charge in [0.1, 0.15) is 5.75 Å². The van der Waals surface area contributed by atoms with E-state index in [9.17, 15) is 14.7 Å². The highest BCUT2D eigenvalue weighted by Crippen LogP contribution is 2.12. The Morgan fingerprint density at radius 1 is 1.07 bits per heavy atom. The second-order valence-corrected chi connectivity index (χ2v) is 6.60. The van der Waals surface area contributed by atoms with E-state index in [1.54, 1.807) is 12.1 Å². The number of anilines is 1. The molecule has 1 atom stereocenters. The monoisotopic (exact) mass is 369 g/mol. The zero-order valence-corrected chi connectivity index (χ0v) is 15.8. The van der Waals surface area contributed by atoms with Crippen LogP contribution >= 0.6 is 0 Å². The summed E-state index contributed by atoms with van der Waals surface area (Å²) in [4.78, 5) is 23.8. The van der Waals surface area contributed by atoms with Gasteiger partial charge in [-0.3, -0.25) is 4.79 Å². The van der Waals surface area contributed by atoms with E-state index in [4.69, 9.17) is 0 Å². The van der Waals surface area contributed by atoms with E-state index in [1.165, 1.54) is 0 Å². The molecular formula is C21H27N3O3. The van der Waals surface area contributed by atoms with Crippen LogP contribution in [-0.2, 0) is 17.8 Å². The fourth-order valence-corrected chi connectivity index (χ4v) is 2.70. The van der Waals surface area contributed by atoms with E-state index in [-0.39, 0.29) is 23.7 Å². The molecule has 0 aliphatic carbocycles. The molecule has 0 aromatic heterocycles. The Balaban J connectivity index is 1.79. The van der Waals surface area contributed by atoms with Gasteiger partial charge in [0.2, 0.25) is 5.91 Å². The number of aromatic hydroxyl groups is 1. The van der Waals surface area contributed by atoms with E-state index in [0.29, 0.717) is 19.4 Å². The maximum absolute atomic E-state index is 12.1. The van der Waals surface area contributed by atoms with Gasteiger partial charge in [0, 0.05) is 24.7 Å². The number of carbonyl (C=O) groups excluding carboxylic acids is 2. The van der Waals surface area contributed by atoms with Crippen molar-refractivity contribution >= 4 is 17.6 Å². The SMILES string of the molecule is CCCC(=O)Nc1cccc(CNC(=O)NC(C)Cc2ccc(O)cc2)c1. The average Bonchev–Trinajstić information content (AvgIpc) is 2.62. The molecule has 0 aliphatic heterocycles. The lowest BCUT2D eigenvalue weighted by Crippen LogP contribution is -2.41. The number of amides is 3. The van der Waals surface area contributed by atoms with Crippen molar-refractivity contribution in [1.82, 2.24) is 10.6 Å². The zero-order chi connectivity index (χ0) is 19.6. The number of hydrogen-bond donors (Lipinski definition) is 4. The minimum absolute atomic E-state index is 0.0107. The van der Waals surface area contributed by atoms with Crippen molar-refractivity contribution in [1.29, 1.82) is 0 Å². The largest absolute Gasteiger partial charge is 0.508 e. The molecule has 2 aromatic carbocycles. The highest BCUT2D eigenvalue weighted by atomic mass is 16.3. The standard InChI is InChI=1S/C21H27N3O3/c1-3-5-20(26)24-18-7-4-6-17(13-18)14-22-21(27)23-15(2)12-16-8-10-19(25)11-9-16/h4,6-11,13,15,25H,3,5,12,14H2,1-2H3,(H,24,26)(H2,22,23,27). The molecule has 27 heavy (non-hydrogen) atoms. The summed E-state index contributed by atoms with van der Waals surface area (Å²) < 4.78 is 0. The summed E-state index contributed by atoms with van der Waals surface area (Å²) in [6, 6.07) is 14.1. The van der Waals surface area contributed by atoms with Crippen LogP contribution in [0.5, 0.6) is 5.75 Å². The van der Waals surface area contributed by atoms with Gasteiger partial charge in [-0.1, -0.05) is 31.2 Å². The normalized spacial score (nSPS) is 11.5. The van der Waals surface area contributed by atoms with Crippen LogP contribution in [0.3, 0.4) is 0 Å². The summed E-state index contributed by atoms with van der Waals surface area (Å²) in [6.07, 6.45) is 1.96. The molecule has 6 nitrogen and oxygen atoms in total. The van der Waals surface area contributed by atoms with Gasteiger partial charge in [-0.25, -0.2) is 4.79 Å². The quantitative estimate of drug-likeness (QED) is 0.573. The fourth-order valence-electron chi connectivity index (χ4n) is 2.70. The minimum atomic E-state index is -0.248. The van der Waals surface area contributed by atoms with E-state index >= 15 is 0 Å². The molecule has 144 valence electrons. The van der Waals surface area contributed by atoms with Crippen LogP contribution in [0.25, 0.3) is 0 Å². The van der Waals surface area contributed by atoms with E-state index < -0.39 is 0 Å². The smallest absolute Gasteiger partial charge is 0.315 e. The highest BCUT2D eigenvalue weighted by Gasteiger charge is 2.08. The van der Waals surface area contributed by atoms with Crippen molar-refractivity contribution in [3.8, 4) is 5.75 Å². The van der Waals surface area contributed by atoms with Crippen molar-refractivity contribution in [3.63, 3.8) is 0 Å². The Kier molecular flexibility index (Phi) is 7.67. The first-order valence-corrected chi connectivity index (χ1v) is 9.17. The predicted octanol–water partition coefficient (Wildman–Crippen LogP) is 3.56. The van der Waals surface area contributed by atoms with Crippen LogP contribution in [0.1, 0.15) is 37.8 Å². The molecule has 0 spiro atoms. The number of benzene rings is 2. The van der Waals surface area contributed by atoms with Gasteiger partial charge in [-0.2, -0.15) is 0 Å². The van der Waals surface area contributed by atoms with Crippen LogP contribution in [0.4, 0.5) is 10.5 Å². The van der Waals surface area contributed by atoms with Gasteiger partial charge in [0.15, 0.2) is 0 Å². The Bertz CT molecular complexity index is 760. The molecule has 0 radical (unpaired) electrons. The van der Waals surface area contributed by atoms with Crippen molar-refractivity contribution in [3.05, 3.63) is 59.7 Å². The summed E-state index contributed by atoms with van der Waals surface area (Å²) >= 11 is 0. The Morgan fingerprint density at radius 3 is 2.52 bits per heavy atom. The molecule has 4 N–H and O–H groups in total. The molecule has 2 rings (SSSR count). The third-order valence-corrected chi connectivity index (χ3v) is 4.00. The van der Waals surface area contributed by atoms with Crippen LogP contribution in [0, 0.1) is 0 Å². The van der Waals surface area contributed by atoms with Crippen LogP contribution in [0.15, 0.2) is 48.5 Å². The minimum Gasteiger partial charge on any atom is -0.508 e. The van der Waals surface area contributed by atoms with E-state index in [1.807, 2.05) is 50.2 Å². The predicted molar refractivity (Wildman–Crippen MR) is 107 cm³/mol. The average molecular weight is 369 g/mol. The fraction of sp³-hybridized carbons (Fsp3) is 0.333. The molecule has 2 aromatic rings. The number of rotatable bonds is 8. The summed E-state index contributed by atoms with van der Waals surface area (Å²) in [5.74, 6) is 0.216. The highest BCUT2D eigenvalue weighted by molar-refractivity contribution is 5.90. The van der Waals surface area contributed by atoms with Crippen LogP contribution in [0.2, 0.25) is 0 Å². The summed E-state index contributed by atoms with van der Waals surface area (Å²) in [6.45, 7) is 4.26. The molecule has 0 saturated heterocycles. The lowest BCUT2D eigenvalue weighted by Gasteiger charge is -2.15. The number of nitrogens with one attached hydrogen (secondary N) is 3. The van der Waals surface area contributed by atoms with E-state index in [2.05, 4.69) is 16.0 Å². The van der Waals surface area contributed by atoms with Gasteiger partial charge in [0.05, 0.1) is 0 Å². The summed E-state index contributed by atoms with van der Waals surface area (Å²) in [7, 11) is 0. The van der Waals surface area contributed by atoms with Crippen molar-refractivity contribution in [2.75, 3.05) is 5.32 Å². The molecule has 6 heteroatoms. The molecular weight excluding hydrogens is 342 g/mol. The van der Waals surface area contributed by atoms with Gasteiger partial charge >= 0.3 is 6.03 Å². The molecule has 0 aliphatic rings. The van der Waals surface area contributed by atoms with E-state index in [0.717, 1.165) is 23.2 Å². The second-order valence-electron chi connectivity index (χ2n) is 6.60. The number of hydrogen-bond acceptors (Lipinski definition) is 3. The first-order chi connectivity index (χ1) is 13.0. The zero-order valence-electron chi connectivity index (χ0n) is 15.8. The Hall–Kier alpha value is -3.02. The van der Waals surface area contributed by atoms with Crippen LogP contribution in [-0.4, -0.2) is 23.1 Å². The summed E-state index contributed by atoms with van der Waals surface area (Å²) in [5, 5.41) is 17.9. The number of urea groups is 1. The van der Waals surface area contributed by atoms with Gasteiger partial charge < -0.3 is 21.1 Å². The molecule has 0 heterocycles. The third-order valence-electron chi connectivity index (χ3n) is 4.00. The molecule has 0 fully saturated rings. The van der Waals surface area contributed by atoms with Gasteiger partial charge in [-0.05, 0) is 55.2 Å². The van der Waals surface area contributed by atoms with Crippen LogP contribution < -0.4 is 16.0 Å². The van der Waals surface area contributed by atoms with Gasteiger partial charge in [0.25, 0.3) is 0 Å². The van der Waals surface area contributed by atoms with Gasteiger partial charge in [-0.15, -0.1) is 0 Å². The molecule has 0 saturated carbocycles. The first-order valence-electron chi connectivity index (χ1n) is 9.17. The first kappa shape index (κ1) is 20.3. The van der Waals surface area contributed by atoms with Crippen molar-refractivity contribution < 1.29 is 14.7 Å². The molecule has 0 bridgehead atoms. The maximum Gasteiger partial charge on any atom is 0.315 e. The Morgan fingerprint density at radius 2 is 1.81 bits per heavy atom. The lowest BCUT2D eigenvalue weighted by atomic mass is 10.1. The topological polar surface area (TPSA) is 90.5 Å². The maximum atomic E-state index is 12.1. The third kappa shape index (κ3) is 7.40. The summed E-state index contributed by atoms with van der Waals surface area (Å²) in [5.41, 5.74) is 2.68.